The molecule has 0 spiro atoms. The van der Waals surface area contributed by atoms with Gasteiger partial charge in [-0.15, -0.1) is 0 Å². The zero-order valence-electron chi connectivity index (χ0n) is 10.4. The first kappa shape index (κ1) is 11.5. The van der Waals surface area contributed by atoms with E-state index in [1.54, 1.807) is 4.90 Å². The number of amides is 1. The van der Waals surface area contributed by atoms with E-state index in [0.29, 0.717) is 12.6 Å². The normalized spacial score (nSPS) is 19.8. The summed E-state index contributed by atoms with van der Waals surface area (Å²) in [6.07, 6.45) is 3.25. The molecule has 0 unspecified atom stereocenters. The molecule has 1 aromatic rings. The van der Waals surface area contributed by atoms with Crippen LogP contribution < -0.4 is 10.2 Å². The van der Waals surface area contributed by atoms with Crippen molar-refractivity contribution in [2.24, 2.45) is 0 Å². The summed E-state index contributed by atoms with van der Waals surface area (Å²) in [7, 11) is 0. The number of cyclic esters (lactones) is 1. The topological polar surface area (TPSA) is 41.6 Å². The Kier molecular flexibility index (Phi) is 3.19. The lowest BCUT2D eigenvalue weighted by Gasteiger charge is -2.26. The molecule has 1 aromatic carbocycles. The number of anilines is 1. The molecule has 1 heterocycles. The maximum Gasteiger partial charge on any atom is 0.414 e. The molecule has 0 atom stereocenters. The summed E-state index contributed by atoms with van der Waals surface area (Å²) >= 11 is 0. The van der Waals surface area contributed by atoms with Gasteiger partial charge in [0.25, 0.3) is 0 Å². The summed E-state index contributed by atoms with van der Waals surface area (Å²) in [4.78, 5) is 13.4. The summed E-state index contributed by atoms with van der Waals surface area (Å²) < 4.78 is 5.06. The first-order valence-electron chi connectivity index (χ1n) is 6.59. The van der Waals surface area contributed by atoms with Crippen molar-refractivity contribution in [3.63, 3.8) is 0 Å². The molecule has 3 rings (SSSR count). The molecular weight excluding hydrogens is 228 g/mol. The van der Waals surface area contributed by atoms with Crippen LogP contribution in [0.15, 0.2) is 24.3 Å². The molecule has 1 saturated carbocycles. The Hall–Kier alpha value is -1.55. The number of benzene rings is 1. The Labute approximate surface area is 107 Å². The molecule has 0 radical (unpaired) electrons. The van der Waals surface area contributed by atoms with Gasteiger partial charge in [-0.05, 0) is 37.0 Å². The Morgan fingerprint density at radius 1 is 1.39 bits per heavy atom. The molecule has 2 aliphatic rings. The SMILES string of the molecule is O=C1OCCCN1c1cccc(CNC2CC2)c1. The highest BCUT2D eigenvalue weighted by Crippen LogP contribution is 2.22. The minimum atomic E-state index is -0.228. The highest BCUT2D eigenvalue weighted by Gasteiger charge is 2.22. The van der Waals surface area contributed by atoms with Gasteiger partial charge in [-0.1, -0.05) is 12.1 Å². The molecule has 2 fully saturated rings. The molecule has 1 N–H and O–H groups in total. The van der Waals surface area contributed by atoms with Crippen LogP contribution in [0.2, 0.25) is 0 Å². The van der Waals surface area contributed by atoms with Gasteiger partial charge in [0.1, 0.15) is 0 Å². The number of carbonyl (C=O) groups excluding carboxylic acids is 1. The van der Waals surface area contributed by atoms with Gasteiger partial charge in [0.15, 0.2) is 0 Å². The average Bonchev–Trinajstić information content (AvgIpc) is 3.21. The van der Waals surface area contributed by atoms with E-state index in [1.807, 2.05) is 12.1 Å². The fraction of sp³-hybridized carbons (Fsp3) is 0.500. The van der Waals surface area contributed by atoms with Gasteiger partial charge < -0.3 is 10.1 Å². The lowest BCUT2D eigenvalue weighted by molar-refractivity contribution is 0.140. The minimum Gasteiger partial charge on any atom is -0.449 e. The molecule has 0 bridgehead atoms. The maximum atomic E-state index is 11.7. The second-order valence-electron chi connectivity index (χ2n) is 4.94. The average molecular weight is 246 g/mol. The van der Waals surface area contributed by atoms with Gasteiger partial charge in [-0.25, -0.2) is 4.79 Å². The second-order valence-corrected chi connectivity index (χ2v) is 4.94. The van der Waals surface area contributed by atoms with Crippen molar-refractivity contribution < 1.29 is 9.53 Å². The highest BCUT2D eigenvalue weighted by molar-refractivity contribution is 5.88. The molecule has 1 aliphatic carbocycles. The molecule has 0 aromatic heterocycles. The smallest absolute Gasteiger partial charge is 0.414 e. The molecule has 96 valence electrons. The van der Waals surface area contributed by atoms with Crippen LogP contribution in [-0.2, 0) is 11.3 Å². The van der Waals surface area contributed by atoms with Crippen LogP contribution in [0, 0.1) is 0 Å². The van der Waals surface area contributed by atoms with E-state index in [0.717, 1.165) is 25.2 Å². The first-order chi connectivity index (χ1) is 8.83. The van der Waals surface area contributed by atoms with Crippen LogP contribution in [0.5, 0.6) is 0 Å². The summed E-state index contributed by atoms with van der Waals surface area (Å²) in [5.41, 5.74) is 2.16. The van der Waals surface area contributed by atoms with E-state index >= 15 is 0 Å². The van der Waals surface area contributed by atoms with E-state index in [4.69, 9.17) is 4.74 Å². The van der Waals surface area contributed by atoms with Crippen LogP contribution in [-0.4, -0.2) is 25.3 Å². The molecule has 18 heavy (non-hydrogen) atoms. The Morgan fingerprint density at radius 2 is 2.28 bits per heavy atom. The zero-order chi connectivity index (χ0) is 12.4. The molecule has 1 aliphatic heterocycles. The summed E-state index contributed by atoms with van der Waals surface area (Å²) in [6.45, 7) is 2.16. The Bertz CT molecular complexity index is 443. The van der Waals surface area contributed by atoms with Crippen molar-refractivity contribution in [3.8, 4) is 0 Å². The molecule has 4 heteroatoms. The highest BCUT2D eigenvalue weighted by atomic mass is 16.6. The van der Waals surface area contributed by atoms with E-state index in [2.05, 4.69) is 17.4 Å². The van der Waals surface area contributed by atoms with E-state index in [-0.39, 0.29) is 6.09 Å². The predicted molar refractivity (Wildman–Crippen MR) is 69.6 cm³/mol. The van der Waals surface area contributed by atoms with Gasteiger partial charge >= 0.3 is 6.09 Å². The number of carbonyl (C=O) groups is 1. The lowest BCUT2D eigenvalue weighted by Crippen LogP contribution is -2.37. The van der Waals surface area contributed by atoms with Crippen molar-refractivity contribution in [2.45, 2.75) is 31.8 Å². The van der Waals surface area contributed by atoms with E-state index in [9.17, 15) is 4.79 Å². The number of hydrogen-bond acceptors (Lipinski definition) is 3. The second kappa shape index (κ2) is 4.98. The molecule has 1 amide bonds. The monoisotopic (exact) mass is 246 g/mol. The zero-order valence-corrected chi connectivity index (χ0v) is 10.4. The van der Waals surface area contributed by atoms with Crippen LogP contribution in [0.25, 0.3) is 0 Å². The Morgan fingerprint density at radius 3 is 3.06 bits per heavy atom. The lowest BCUT2D eigenvalue weighted by atomic mass is 10.1. The van der Waals surface area contributed by atoms with Crippen LogP contribution in [0.3, 0.4) is 0 Å². The van der Waals surface area contributed by atoms with Crippen molar-refractivity contribution in [3.05, 3.63) is 29.8 Å². The first-order valence-corrected chi connectivity index (χ1v) is 6.59. The van der Waals surface area contributed by atoms with E-state index < -0.39 is 0 Å². The van der Waals surface area contributed by atoms with Crippen molar-refractivity contribution in [1.29, 1.82) is 0 Å². The molecule has 1 saturated heterocycles. The van der Waals surface area contributed by atoms with Crippen LogP contribution in [0.4, 0.5) is 10.5 Å². The third kappa shape index (κ3) is 2.64. The van der Waals surface area contributed by atoms with Crippen LogP contribution in [0.1, 0.15) is 24.8 Å². The largest absolute Gasteiger partial charge is 0.449 e. The van der Waals surface area contributed by atoms with Crippen molar-refractivity contribution in [2.75, 3.05) is 18.1 Å². The van der Waals surface area contributed by atoms with Crippen molar-refractivity contribution in [1.82, 2.24) is 5.32 Å². The van der Waals surface area contributed by atoms with Gasteiger partial charge in [-0.3, -0.25) is 4.90 Å². The summed E-state index contributed by atoms with van der Waals surface area (Å²) in [6, 6.07) is 8.83. The summed E-state index contributed by atoms with van der Waals surface area (Å²) in [5, 5.41) is 3.48. The third-order valence-electron chi connectivity index (χ3n) is 3.37. The quantitative estimate of drug-likeness (QED) is 0.886. The number of hydrogen-bond donors (Lipinski definition) is 1. The number of nitrogens with one attached hydrogen (secondary N) is 1. The predicted octanol–water partition coefficient (Wildman–Crippen LogP) is 2.29. The fourth-order valence-electron chi connectivity index (χ4n) is 2.17. The van der Waals surface area contributed by atoms with Gasteiger partial charge in [0, 0.05) is 24.8 Å². The minimum absolute atomic E-state index is 0.228. The van der Waals surface area contributed by atoms with Gasteiger partial charge in [-0.2, -0.15) is 0 Å². The molecule has 4 nitrogen and oxygen atoms in total. The van der Waals surface area contributed by atoms with E-state index in [1.165, 1.54) is 18.4 Å². The standard InChI is InChI=1S/C14H18N2O2/c17-14-16(7-2-8-18-14)13-4-1-3-11(9-13)10-15-12-5-6-12/h1,3-4,9,12,15H,2,5-8,10H2. The third-order valence-corrected chi connectivity index (χ3v) is 3.37. The number of rotatable bonds is 4. The van der Waals surface area contributed by atoms with Gasteiger partial charge in [0.05, 0.1) is 6.61 Å². The molecular formula is C14H18N2O2. The number of nitrogens with zero attached hydrogens (tertiary/aromatic N) is 1. The number of ether oxygens (including phenoxy) is 1. The van der Waals surface area contributed by atoms with Crippen molar-refractivity contribution >= 4 is 11.8 Å². The van der Waals surface area contributed by atoms with Crippen LogP contribution >= 0.6 is 0 Å². The maximum absolute atomic E-state index is 11.7. The Balaban J connectivity index is 1.70. The fourth-order valence-corrected chi connectivity index (χ4v) is 2.17. The van der Waals surface area contributed by atoms with Gasteiger partial charge in [0.2, 0.25) is 0 Å². The summed E-state index contributed by atoms with van der Waals surface area (Å²) in [5.74, 6) is 0.